The lowest BCUT2D eigenvalue weighted by Crippen LogP contribution is -2.51. The summed E-state index contributed by atoms with van der Waals surface area (Å²) in [4.78, 5) is 34.5. The highest BCUT2D eigenvalue weighted by Gasteiger charge is 2.31. The summed E-state index contributed by atoms with van der Waals surface area (Å²) < 4.78 is 1.49. The Morgan fingerprint density at radius 1 is 0.938 bits per heavy atom. The van der Waals surface area contributed by atoms with E-state index < -0.39 is 0 Å². The fourth-order valence-electron chi connectivity index (χ4n) is 4.93. The predicted octanol–water partition coefficient (Wildman–Crippen LogP) is 2.34. The summed E-state index contributed by atoms with van der Waals surface area (Å²) in [6, 6.07) is 13.2. The Hall–Kier alpha value is -3.29. The number of carbonyl (C=O) groups excluding carboxylic acids is 1. The average molecular weight is 433 g/mol. The molecule has 5 rings (SSSR count). The van der Waals surface area contributed by atoms with E-state index >= 15 is 0 Å². The second-order valence-electron chi connectivity index (χ2n) is 8.81. The van der Waals surface area contributed by atoms with E-state index in [1.54, 1.807) is 12.1 Å². The van der Waals surface area contributed by atoms with Gasteiger partial charge in [0.25, 0.3) is 5.56 Å². The summed E-state index contributed by atoms with van der Waals surface area (Å²) in [7, 11) is 0. The van der Waals surface area contributed by atoms with Crippen LogP contribution in [0.25, 0.3) is 10.9 Å². The SMILES string of the molecule is O=C(C1CCC(Cn2nnc3ccccc3c2=O)CC1)N1CCN(c2ccccn2)CC1. The van der Waals surface area contributed by atoms with Gasteiger partial charge in [-0.15, -0.1) is 5.10 Å². The molecule has 0 radical (unpaired) electrons. The van der Waals surface area contributed by atoms with Crippen LogP contribution >= 0.6 is 0 Å². The third-order valence-corrected chi connectivity index (χ3v) is 6.82. The van der Waals surface area contributed by atoms with Crippen LogP contribution in [0.4, 0.5) is 5.82 Å². The molecule has 1 saturated carbocycles. The molecular formula is C24H28N6O2. The first kappa shape index (κ1) is 20.6. The zero-order chi connectivity index (χ0) is 21.9. The van der Waals surface area contributed by atoms with Gasteiger partial charge >= 0.3 is 0 Å². The molecule has 3 aromatic rings. The van der Waals surface area contributed by atoms with Crippen LogP contribution < -0.4 is 10.5 Å². The predicted molar refractivity (Wildman–Crippen MR) is 122 cm³/mol. The minimum atomic E-state index is -0.0837. The number of rotatable bonds is 4. The molecule has 0 N–H and O–H groups in total. The molecule has 2 aliphatic rings. The molecule has 1 saturated heterocycles. The Morgan fingerprint density at radius 3 is 2.44 bits per heavy atom. The van der Waals surface area contributed by atoms with Crippen LogP contribution in [0.1, 0.15) is 25.7 Å². The zero-order valence-corrected chi connectivity index (χ0v) is 18.1. The Morgan fingerprint density at radius 2 is 1.69 bits per heavy atom. The van der Waals surface area contributed by atoms with Gasteiger partial charge in [-0.2, -0.15) is 0 Å². The molecule has 8 nitrogen and oxygen atoms in total. The fourth-order valence-corrected chi connectivity index (χ4v) is 4.93. The number of benzene rings is 1. The molecule has 1 amide bonds. The van der Waals surface area contributed by atoms with E-state index in [1.807, 2.05) is 41.4 Å². The van der Waals surface area contributed by atoms with Gasteiger partial charge in [-0.3, -0.25) is 9.59 Å². The van der Waals surface area contributed by atoms with E-state index in [1.165, 1.54) is 4.68 Å². The van der Waals surface area contributed by atoms with Crippen molar-refractivity contribution in [1.29, 1.82) is 0 Å². The molecule has 1 aromatic carbocycles. The summed E-state index contributed by atoms with van der Waals surface area (Å²) in [5.74, 6) is 1.71. The van der Waals surface area contributed by atoms with Crippen LogP contribution in [-0.4, -0.2) is 57.0 Å². The quantitative estimate of drug-likeness (QED) is 0.629. The van der Waals surface area contributed by atoms with Crippen molar-refractivity contribution in [2.45, 2.75) is 32.2 Å². The van der Waals surface area contributed by atoms with Gasteiger partial charge in [0, 0.05) is 44.8 Å². The van der Waals surface area contributed by atoms with Gasteiger partial charge in [-0.25, -0.2) is 9.67 Å². The number of anilines is 1. The van der Waals surface area contributed by atoms with Crippen LogP contribution in [0.3, 0.4) is 0 Å². The molecule has 32 heavy (non-hydrogen) atoms. The maximum Gasteiger partial charge on any atom is 0.277 e. The molecule has 0 atom stereocenters. The van der Waals surface area contributed by atoms with E-state index in [2.05, 4.69) is 20.2 Å². The van der Waals surface area contributed by atoms with E-state index in [0.717, 1.165) is 57.7 Å². The number of fused-ring (bicyclic) bond motifs is 1. The second kappa shape index (κ2) is 9.06. The van der Waals surface area contributed by atoms with Crippen molar-refractivity contribution in [3.63, 3.8) is 0 Å². The molecule has 166 valence electrons. The van der Waals surface area contributed by atoms with Crippen molar-refractivity contribution in [1.82, 2.24) is 24.9 Å². The lowest BCUT2D eigenvalue weighted by atomic mass is 9.81. The topological polar surface area (TPSA) is 84.2 Å². The Balaban J connectivity index is 1.14. The number of nitrogens with zero attached hydrogens (tertiary/aromatic N) is 6. The lowest BCUT2D eigenvalue weighted by Gasteiger charge is -2.38. The average Bonchev–Trinajstić information content (AvgIpc) is 2.86. The molecule has 1 aliphatic carbocycles. The number of hydrogen-bond acceptors (Lipinski definition) is 6. The Bertz CT molecular complexity index is 1130. The third-order valence-electron chi connectivity index (χ3n) is 6.82. The van der Waals surface area contributed by atoms with Crippen molar-refractivity contribution in [2.24, 2.45) is 11.8 Å². The minimum absolute atomic E-state index is 0.0837. The van der Waals surface area contributed by atoms with Gasteiger partial charge in [0.05, 0.1) is 5.39 Å². The lowest BCUT2D eigenvalue weighted by molar-refractivity contribution is -0.137. The summed E-state index contributed by atoms with van der Waals surface area (Å²) in [5, 5.41) is 8.92. The van der Waals surface area contributed by atoms with Gasteiger partial charge in [-0.05, 0) is 55.9 Å². The molecule has 0 bridgehead atoms. The van der Waals surface area contributed by atoms with Crippen molar-refractivity contribution < 1.29 is 4.79 Å². The Kier molecular flexibility index (Phi) is 5.83. The van der Waals surface area contributed by atoms with Crippen LogP contribution in [0.5, 0.6) is 0 Å². The summed E-state index contributed by atoms with van der Waals surface area (Å²) in [5.41, 5.74) is 0.547. The standard InChI is InChI=1S/C24H28N6O2/c31-23(29-15-13-28(14-16-29)22-7-3-4-12-25-22)19-10-8-18(9-11-19)17-30-24(32)20-5-1-2-6-21(20)26-27-30/h1-7,12,18-19H,8-11,13-17H2. The number of amides is 1. The molecule has 1 aliphatic heterocycles. The first-order chi connectivity index (χ1) is 15.7. The highest BCUT2D eigenvalue weighted by molar-refractivity contribution is 5.79. The summed E-state index contributed by atoms with van der Waals surface area (Å²) >= 11 is 0. The van der Waals surface area contributed by atoms with Gasteiger partial charge in [0.15, 0.2) is 0 Å². The molecule has 8 heteroatoms. The second-order valence-corrected chi connectivity index (χ2v) is 8.81. The zero-order valence-electron chi connectivity index (χ0n) is 18.1. The number of aromatic nitrogens is 4. The van der Waals surface area contributed by atoms with E-state index in [0.29, 0.717) is 23.4 Å². The normalized spacial score (nSPS) is 21.6. The number of carbonyl (C=O) groups is 1. The van der Waals surface area contributed by atoms with Crippen LogP contribution in [-0.2, 0) is 11.3 Å². The highest BCUT2D eigenvalue weighted by atomic mass is 16.2. The molecule has 2 aromatic heterocycles. The number of pyridine rings is 1. The summed E-state index contributed by atoms with van der Waals surface area (Å²) in [6.07, 6.45) is 5.43. The van der Waals surface area contributed by atoms with E-state index in [-0.39, 0.29) is 17.4 Å². The van der Waals surface area contributed by atoms with Gasteiger partial charge in [-0.1, -0.05) is 23.4 Å². The van der Waals surface area contributed by atoms with E-state index in [9.17, 15) is 9.59 Å². The van der Waals surface area contributed by atoms with E-state index in [4.69, 9.17) is 0 Å². The summed E-state index contributed by atoms with van der Waals surface area (Å²) in [6.45, 7) is 3.71. The maximum atomic E-state index is 13.1. The maximum absolute atomic E-state index is 13.1. The van der Waals surface area contributed by atoms with Crippen molar-refractivity contribution in [2.75, 3.05) is 31.1 Å². The third kappa shape index (κ3) is 4.22. The van der Waals surface area contributed by atoms with Gasteiger partial charge < -0.3 is 9.80 Å². The highest BCUT2D eigenvalue weighted by Crippen LogP contribution is 2.31. The molecule has 2 fully saturated rings. The molecular weight excluding hydrogens is 404 g/mol. The van der Waals surface area contributed by atoms with Crippen molar-refractivity contribution in [3.8, 4) is 0 Å². The number of piperazine rings is 1. The monoisotopic (exact) mass is 432 g/mol. The smallest absolute Gasteiger partial charge is 0.277 e. The largest absolute Gasteiger partial charge is 0.353 e. The van der Waals surface area contributed by atoms with Crippen molar-refractivity contribution >= 4 is 22.6 Å². The van der Waals surface area contributed by atoms with Crippen LogP contribution in [0.15, 0.2) is 53.5 Å². The molecule has 0 spiro atoms. The van der Waals surface area contributed by atoms with Crippen molar-refractivity contribution in [3.05, 3.63) is 59.0 Å². The van der Waals surface area contributed by atoms with Gasteiger partial charge in [0.2, 0.25) is 5.91 Å². The first-order valence-electron chi connectivity index (χ1n) is 11.5. The van der Waals surface area contributed by atoms with Gasteiger partial charge in [0.1, 0.15) is 11.3 Å². The number of hydrogen-bond donors (Lipinski definition) is 0. The van der Waals surface area contributed by atoms with Crippen LogP contribution in [0, 0.1) is 11.8 Å². The Labute approximate surface area is 186 Å². The molecule has 3 heterocycles. The van der Waals surface area contributed by atoms with Crippen LogP contribution in [0.2, 0.25) is 0 Å². The minimum Gasteiger partial charge on any atom is -0.353 e. The first-order valence-corrected chi connectivity index (χ1v) is 11.5. The fraction of sp³-hybridized carbons (Fsp3) is 0.458. The molecule has 0 unspecified atom stereocenters.